The first kappa shape index (κ1) is 16.0. The molecular weight excluding hydrogens is 262 g/mol. The molecule has 0 radical (unpaired) electrons. The van der Waals surface area contributed by atoms with Crippen molar-refractivity contribution in [3.8, 4) is 0 Å². The Kier molecular flexibility index (Phi) is 7.55. The SMILES string of the molecule is COCC(O)CCNC(=O)CSc1ccc(C)cc1. The molecule has 1 amide bonds. The van der Waals surface area contributed by atoms with Crippen LogP contribution in [0.3, 0.4) is 0 Å². The second-order valence-corrected chi connectivity index (χ2v) is 5.40. The first-order chi connectivity index (χ1) is 9.11. The number of methoxy groups -OCH3 is 1. The monoisotopic (exact) mass is 283 g/mol. The van der Waals surface area contributed by atoms with Crippen LogP contribution in [0.25, 0.3) is 0 Å². The molecule has 2 N–H and O–H groups in total. The summed E-state index contributed by atoms with van der Waals surface area (Å²) < 4.78 is 4.81. The van der Waals surface area contributed by atoms with Gasteiger partial charge in [0.25, 0.3) is 0 Å². The number of aryl methyl sites for hydroxylation is 1. The van der Waals surface area contributed by atoms with Crippen LogP contribution < -0.4 is 5.32 Å². The van der Waals surface area contributed by atoms with Gasteiger partial charge < -0.3 is 15.2 Å². The fraction of sp³-hybridized carbons (Fsp3) is 0.500. The third-order valence-corrected chi connectivity index (χ3v) is 3.56. The average Bonchev–Trinajstić information content (AvgIpc) is 2.38. The zero-order valence-corrected chi connectivity index (χ0v) is 12.2. The van der Waals surface area contributed by atoms with Crippen LogP contribution in [0, 0.1) is 6.92 Å². The van der Waals surface area contributed by atoms with Crippen LogP contribution >= 0.6 is 11.8 Å². The Balaban J connectivity index is 2.16. The van der Waals surface area contributed by atoms with E-state index in [0.717, 1.165) is 4.90 Å². The zero-order valence-electron chi connectivity index (χ0n) is 11.4. The number of thioether (sulfide) groups is 1. The van der Waals surface area contributed by atoms with Crippen LogP contribution in [0.1, 0.15) is 12.0 Å². The largest absolute Gasteiger partial charge is 0.391 e. The lowest BCUT2D eigenvalue weighted by Gasteiger charge is -2.10. The van der Waals surface area contributed by atoms with Crippen molar-refractivity contribution in [2.45, 2.75) is 24.3 Å². The fourth-order valence-corrected chi connectivity index (χ4v) is 2.22. The summed E-state index contributed by atoms with van der Waals surface area (Å²) in [5.74, 6) is 0.374. The molecule has 0 heterocycles. The number of hydrogen-bond acceptors (Lipinski definition) is 4. The Morgan fingerprint density at radius 1 is 1.42 bits per heavy atom. The first-order valence-electron chi connectivity index (χ1n) is 6.25. The number of amides is 1. The quantitative estimate of drug-likeness (QED) is 0.712. The molecule has 1 unspecified atom stereocenters. The topological polar surface area (TPSA) is 58.6 Å². The van der Waals surface area contributed by atoms with Crippen LogP contribution in [-0.4, -0.2) is 43.1 Å². The summed E-state index contributed by atoms with van der Waals surface area (Å²) in [6, 6.07) is 8.08. The molecule has 4 nitrogen and oxygen atoms in total. The Morgan fingerprint density at radius 2 is 2.11 bits per heavy atom. The predicted octanol–water partition coefficient (Wildman–Crippen LogP) is 1.60. The van der Waals surface area contributed by atoms with Gasteiger partial charge in [0, 0.05) is 18.6 Å². The molecule has 1 rings (SSSR count). The van der Waals surface area contributed by atoms with E-state index >= 15 is 0 Å². The van der Waals surface area contributed by atoms with Gasteiger partial charge in [-0.15, -0.1) is 11.8 Å². The van der Waals surface area contributed by atoms with Gasteiger partial charge in [0.2, 0.25) is 5.91 Å². The van der Waals surface area contributed by atoms with E-state index in [1.165, 1.54) is 17.3 Å². The van der Waals surface area contributed by atoms with E-state index in [1.54, 1.807) is 7.11 Å². The third kappa shape index (κ3) is 7.20. The number of aliphatic hydroxyl groups is 1. The molecule has 0 aliphatic heterocycles. The lowest BCUT2D eigenvalue weighted by Crippen LogP contribution is -2.29. The minimum Gasteiger partial charge on any atom is -0.391 e. The van der Waals surface area contributed by atoms with Gasteiger partial charge in [0.05, 0.1) is 18.5 Å². The number of rotatable bonds is 8. The number of ether oxygens (including phenoxy) is 1. The smallest absolute Gasteiger partial charge is 0.230 e. The maximum absolute atomic E-state index is 11.6. The number of aliphatic hydroxyl groups excluding tert-OH is 1. The Bertz CT molecular complexity index is 381. The van der Waals surface area contributed by atoms with Gasteiger partial charge in [-0.25, -0.2) is 0 Å². The highest BCUT2D eigenvalue weighted by atomic mass is 32.2. The summed E-state index contributed by atoms with van der Waals surface area (Å²) in [6.45, 7) is 2.80. The summed E-state index contributed by atoms with van der Waals surface area (Å²) in [6.07, 6.45) is -0.00976. The van der Waals surface area contributed by atoms with E-state index < -0.39 is 6.10 Å². The van der Waals surface area contributed by atoms with E-state index in [-0.39, 0.29) is 5.91 Å². The second-order valence-electron chi connectivity index (χ2n) is 4.35. The maximum atomic E-state index is 11.6. The number of carbonyl (C=O) groups excluding carboxylic acids is 1. The van der Waals surface area contributed by atoms with Crippen molar-refractivity contribution in [1.29, 1.82) is 0 Å². The molecule has 0 bridgehead atoms. The van der Waals surface area contributed by atoms with Crippen molar-refractivity contribution in [3.63, 3.8) is 0 Å². The van der Waals surface area contributed by atoms with E-state index in [1.807, 2.05) is 31.2 Å². The standard InChI is InChI=1S/C14H21NO3S/c1-11-3-5-13(6-4-11)19-10-14(17)15-8-7-12(16)9-18-2/h3-6,12,16H,7-10H2,1-2H3,(H,15,17). The second kappa shape index (κ2) is 8.96. The van der Waals surface area contributed by atoms with Crippen molar-refractivity contribution >= 4 is 17.7 Å². The van der Waals surface area contributed by atoms with Gasteiger partial charge in [0.15, 0.2) is 0 Å². The molecule has 1 aromatic rings. The molecule has 0 spiro atoms. The van der Waals surface area contributed by atoms with Crippen molar-refractivity contribution in [3.05, 3.63) is 29.8 Å². The van der Waals surface area contributed by atoms with Crippen molar-refractivity contribution in [1.82, 2.24) is 5.32 Å². The molecule has 1 atom stereocenters. The van der Waals surface area contributed by atoms with Crippen LogP contribution in [-0.2, 0) is 9.53 Å². The summed E-state index contributed by atoms with van der Waals surface area (Å²) in [5.41, 5.74) is 1.21. The molecule has 0 aliphatic carbocycles. The average molecular weight is 283 g/mol. The van der Waals surface area contributed by atoms with Gasteiger partial charge in [-0.1, -0.05) is 17.7 Å². The number of hydrogen-bond donors (Lipinski definition) is 2. The molecule has 19 heavy (non-hydrogen) atoms. The number of nitrogens with one attached hydrogen (secondary N) is 1. The molecule has 0 aromatic heterocycles. The van der Waals surface area contributed by atoms with Gasteiger partial charge in [-0.2, -0.15) is 0 Å². The summed E-state index contributed by atoms with van der Waals surface area (Å²) >= 11 is 1.51. The summed E-state index contributed by atoms with van der Waals surface area (Å²) in [7, 11) is 1.54. The fourth-order valence-electron chi connectivity index (χ4n) is 1.49. The van der Waals surface area contributed by atoms with Crippen LogP contribution in [0.4, 0.5) is 0 Å². The van der Waals surface area contributed by atoms with E-state index in [0.29, 0.717) is 25.3 Å². The maximum Gasteiger partial charge on any atom is 0.230 e. The van der Waals surface area contributed by atoms with Gasteiger partial charge >= 0.3 is 0 Å². The summed E-state index contributed by atoms with van der Waals surface area (Å²) in [5, 5.41) is 12.2. The lowest BCUT2D eigenvalue weighted by atomic mass is 10.2. The molecule has 0 fully saturated rings. The first-order valence-corrected chi connectivity index (χ1v) is 7.23. The molecule has 1 aromatic carbocycles. The Labute approximate surface area is 118 Å². The predicted molar refractivity (Wildman–Crippen MR) is 77.4 cm³/mol. The highest BCUT2D eigenvalue weighted by molar-refractivity contribution is 8.00. The molecule has 106 valence electrons. The van der Waals surface area contributed by atoms with Crippen LogP contribution in [0.5, 0.6) is 0 Å². The number of benzene rings is 1. The molecular formula is C14H21NO3S. The van der Waals surface area contributed by atoms with E-state index in [4.69, 9.17) is 4.74 Å². The molecule has 5 heteroatoms. The molecule has 0 saturated heterocycles. The zero-order chi connectivity index (χ0) is 14.1. The highest BCUT2D eigenvalue weighted by Gasteiger charge is 2.05. The highest BCUT2D eigenvalue weighted by Crippen LogP contribution is 2.17. The minimum atomic E-state index is -0.518. The molecule has 0 saturated carbocycles. The Hall–Kier alpha value is -1.04. The lowest BCUT2D eigenvalue weighted by molar-refractivity contribution is -0.118. The van der Waals surface area contributed by atoms with E-state index in [9.17, 15) is 9.90 Å². The van der Waals surface area contributed by atoms with Crippen molar-refractivity contribution in [2.24, 2.45) is 0 Å². The minimum absolute atomic E-state index is 0.0183. The number of carbonyl (C=O) groups is 1. The van der Waals surface area contributed by atoms with Gasteiger partial charge in [-0.05, 0) is 25.5 Å². The normalized spacial score (nSPS) is 12.2. The third-order valence-electron chi connectivity index (χ3n) is 2.55. The van der Waals surface area contributed by atoms with Gasteiger partial charge in [-0.3, -0.25) is 4.79 Å². The van der Waals surface area contributed by atoms with Crippen LogP contribution in [0.15, 0.2) is 29.2 Å². The molecule has 0 aliphatic rings. The van der Waals surface area contributed by atoms with Crippen molar-refractivity contribution in [2.75, 3.05) is 26.0 Å². The van der Waals surface area contributed by atoms with E-state index in [2.05, 4.69) is 5.32 Å². The van der Waals surface area contributed by atoms with Crippen molar-refractivity contribution < 1.29 is 14.6 Å². The van der Waals surface area contributed by atoms with Gasteiger partial charge in [0.1, 0.15) is 0 Å². The van der Waals surface area contributed by atoms with Crippen LogP contribution in [0.2, 0.25) is 0 Å². The summed E-state index contributed by atoms with van der Waals surface area (Å²) in [4.78, 5) is 12.7. The Morgan fingerprint density at radius 3 is 2.74 bits per heavy atom.